The molecule has 1 aliphatic heterocycles. The lowest BCUT2D eigenvalue weighted by Gasteiger charge is -2.14. The second kappa shape index (κ2) is 1.95. The van der Waals surface area contributed by atoms with Gasteiger partial charge in [0.1, 0.15) is 0 Å². The molecule has 0 amide bonds. The van der Waals surface area contributed by atoms with Crippen LogP contribution in [0.1, 0.15) is 32.6 Å². The second-order valence-electron chi connectivity index (χ2n) is 3.62. The first-order chi connectivity index (χ1) is 4.72. The predicted molar refractivity (Wildman–Crippen MR) is 37.8 cm³/mol. The molecule has 58 valence electrons. The number of aliphatic hydroxyl groups excluding tert-OH is 1. The highest BCUT2D eigenvalue weighted by Gasteiger charge is 2.50. The third-order valence-corrected chi connectivity index (χ3v) is 2.63. The van der Waals surface area contributed by atoms with Gasteiger partial charge < -0.3 is 9.84 Å². The highest BCUT2D eigenvalue weighted by atomic mass is 16.5. The minimum absolute atomic E-state index is 0.127. The number of hydrogen-bond donors (Lipinski definition) is 1. The molecule has 2 fully saturated rings. The van der Waals surface area contributed by atoms with E-state index in [1.165, 1.54) is 19.3 Å². The van der Waals surface area contributed by atoms with Crippen LogP contribution in [0, 0.1) is 0 Å². The highest BCUT2D eigenvalue weighted by molar-refractivity contribution is 5.01. The zero-order valence-corrected chi connectivity index (χ0v) is 6.34. The number of aliphatic hydroxyl groups is 1. The smallest absolute Gasteiger partial charge is 0.0839 e. The van der Waals surface area contributed by atoms with Crippen LogP contribution in [0.5, 0.6) is 0 Å². The van der Waals surface area contributed by atoms with Crippen molar-refractivity contribution in [2.75, 3.05) is 0 Å². The molecular weight excluding hydrogens is 128 g/mol. The Balaban J connectivity index is 1.93. The minimum atomic E-state index is -0.278. The molecule has 0 aromatic carbocycles. The van der Waals surface area contributed by atoms with Crippen LogP contribution >= 0.6 is 0 Å². The molecule has 1 saturated heterocycles. The van der Waals surface area contributed by atoms with Gasteiger partial charge in [-0.15, -0.1) is 0 Å². The Morgan fingerprint density at radius 2 is 2.20 bits per heavy atom. The molecule has 0 radical (unpaired) electrons. The first-order valence-electron chi connectivity index (χ1n) is 4.08. The summed E-state index contributed by atoms with van der Waals surface area (Å²) in [6.07, 6.45) is 4.51. The van der Waals surface area contributed by atoms with E-state index in [2.05, 4.69) is 0 Å². The van der Waals surface area contributed by atoms with Gasteiger partial charge in [0.2, 0.25) is 0 Å². The van der Waals surface area contributed by atoms with Gasteiger partial charge in [-0.3, -0.25) is 0 Å². The fourth-order valence-corrected chi connectivity index (χ4v) is 1.69. The molecule has 1 heterocycles. The summed E-state index contributed by atoms with van der Waals surface area (Å²) in [4.78, 5) is 0. The van der Waals surface area contributed by atoms with Crippen LogP contribution in [-0.2, 0) is 4.74 Å². The van der Waals surface area contributed by atoms with Crippen molar-refractivity contribution < 1.29 is 9.84 Å². The maximum absolute atomic E-state index is 9.19. The van der Waals surface area contributed by atoms with E-state index in [0.717, 1.165) is 6.42 Å². The number of rotatable bonds is 1. The zero-order chi connectivity index (χ0) is 7.19. The topological polar surface area (TPSA) is 29.5 Å². The summed E-state index contributed by atoms with van der Waals surface area (Å²) in [5, 5.41) is 9.19. The number of ether oxygens (including phenoxy) is 1. The molecule has 2 unspecified atom stereocenters. The van der Waals surface area contributed by atoms with Crippen molar-refractivity contribution in [2.45, 2.75) is 50.4 Å². The molecule has 0 aromatic heterocycles. The second-order valence-corrected chi connectivity index (χ2v) is 3.62. The van der Waals surface area contributed by atoms with E-state index >= 15 is 0 Å². The summed E-state index contributed by atoms with van der Waals surface area (Å²) < 4.78 is 5.67. The normalized spacial score (nSPS) is 38.4. The third-order valence-electron chi connectivity index (χ3n) is 2.63. The van der Waals surface area contributed by atoms with Crippen LogP contribution in [0.15, 0.2) is 0 Å². The Morgan fingerprint density at radius 3 is 2.50 bits per heavy atom. The fraction of sp³-hybridized carbons (Fsp3) is 1.00. The predicted octanol–water partition coefficient (Wildman–Crippen LogP) is 1.08. The van der Waals surface area contributed by atoms with Crippen LogP contribution in [-0.4, -0.2) is 22.9 Å². The van der Waals surface area contributed by atoms with Gasteiger partial charge in [0, 0.05) is 0 Å². The highest BCUT2D eigenvalue weighted by Crippen LogP contribution is 2.49. The van der Waals surface area contributed by atoms with Crippen LogP contribution in [0.25, 0.3) is 0 Å². The van der Waals surface area contributed by atoms with Gasteiger partial charge in [0.15, 0.2) is 0 Å². The Kier molecular flexibility index (Phi) is 1.29. The van der Waals surface area contributed by atoms with Crippen molar-refractivity contribution in [3.05, 3.63) is 0 Å². The average Bonchev–Trinajstić information content (AvgIpc) is 2.41. The van der Waals surface area contributed by atoms with Crippen LogP contribution < -0.4 is 0 Å². The molecule has 1 spiro atoms. The third kappa shape index (κ3) is 0.956. The Bertz CT molecular complexity index is 138. The van der Waals surface area contributed by atoms with E-state index in [-0.39, 0.29) is 17.8 Å². The minimum Gasteiger partial charge on any atom is -0.391 e. The van der Waals surface area contributed by atoms with Gasteiger partial charge in [-0.2, -0.15) is 0 Å². The van der Waals surface area contributed by atoms with E-state index in [9.17, 15) is 5.11 Å². The van der Waals surface area contributed by atoms with Gasteiger partial charge in [0.25, 0.3) is 0 Å². The molecule has 2 nitrogen and oxygen atoms in total. The van der Waals surface area contributed by atoms with E-state index in [1.807, 2.05) is 6.92 Å². The van der Waals surface area contributed by atoms with Crippen LogP contribution in [0.4, 0.5) is 0 Å². The van der Waals surface area contributed by atoms with E-state index in [0.29, 0.717) is 0 Å². The molecule has 10 heavy (non-hydrogen) atoms. The lowest BCUT2D eigenvalue weighted by atomic mass is 10.1. The summed E-state index contributed by atoms with van der Waals surface area (Å²) in [6, 6.07) is 0. The van der Waals surface area contributed by atoms with Crippen molar-refractivity contribution in [1.82, 2.24) is 0 Å². The summed E-state index contributed by atoms with van der Waals surface area (Å²) >= 11 is 0. The summed E-state index contributed by atoms with van der Waals surface area (Å²) in [5.74, 6) is 0. The zero-order valence-electron chi connectivity index (χ0n) is 6.34. The van der Waals surface area contributed by atoms with Gasteiger partial charge in [-0.25, -0.2) is 0 Å². The summed E-state index contributed by atoms with van der Waals surface area (Å²) in [6.45, 7) is 1.81. The van der Waals surface area contributed by atoms with Gasteiger partial charge in [-0.1, -0.05) is 0 Å². The maximum atomic E-state index is 9.19. The number of hydrogen-bond acceptors (Lipinski definition) is 2. The molecule has 1 saturated carbocycles. The molecule has 2 aliphatic rings. The van der Waals surface area contributed by atoms with Crippen molar-refractivity contribution in [2.24, 2.45) is 0 Å². The van der Waals surface area contributed by atoms with Crippen molar-refractivity contribution >= 4 is 0 Å². The largest absolute Gasteiger partial charge is 0.391 e. The van der Waals surface area contributed by atoms with Gasteiger partial charge in [-0.05, 0) is 32.6 Å². The van der Waals surface area contributed by atoms with Gasteiger partial charge >= 0.3 is 0 Å². The Hall–Kier alpha value is -0.0800. The maximum Gasteiger partial charge on any atom is 0.0839 e. The first-order valence-corrected chi connectivity index (χ1v) is 4.08. The van der Waals surface area contributed by atoms with Crippen molar-refractivity contribution in [1.29, 1.82) is 0 Å². The van der Waals surface area contributed by atoms with Crippen LogP contribution in [0.2, 0.25) is 0 Å². The van der Waals surface area contributed by atoms with Gasteiger partial charge in [0.05, 0.1) is 17.8 Å². The standard InChI is InChI=1S/C8H14O2/c1-6(9)7-2-3-8(10-7)4-5-8/h6-7,9H,2-5H2,1H3. The SMILES string of the molecule is CC(O)C1CCC2(CC2)O1. The van der Waals surface area contributed by atoms with Crippen molar-refractivity contribution in [3.63, 3.8) is 0 Å². The van der Waals surface area contributed by atoms with Crippen molar-refractivity contribution in [3.8, 4) is 0 Å². The monoisotopic (exact) mass is 142 g/mol. The fourth-order valence-electron chi connectivity index (χ4n) is 1.69. The molecule has 0 bridgehead atoms. The lowest BCUT2D eigenvalue weighted by Crippen LogP contribution is -2.23. The van der Waals surface area contributed by atoms with E-state index in [4.69, 9.17) is 4.74 Å². The summed E-state index contributed by atoms with van der Waals surface area (Å²) in [7, 11) is 0. The average molecular weight is 142 g/mol. The van der Waals surface area contributed by atoms with E-state index in [1.54, 1.807) is 0 Å². The Labute approximate surface area is 61.2 Å². The quantitative estimate of drug-likeness (QED) is 0.593. The molecule has 1 N–H and O–H groups in total. The molecule has 2 atom stereocenters. The molecule has 2 rings (SSSR count). The van der Waals surface area contributed by atoms with E-state index < -0.39 is 0 Å². The molecule has 0 aromatic rings. The molecular formula is C8H14O2. The lowest BCUT2D eigenvalue weighted by molar-refractivity contribution is -0.0372. The first kappa shape index (κ1) is 6.62. The molecule has 1 aliphatic carbocycles. The van der Waals surface area contributed by atoms with Crippen LogP contribution in [0.3, 0.4) is 0 Å². The summed E-state index contributed by atoms with van der Waals surface area (Å²) in [5.41, 5.74) is 0.238. The Morgan fingerprint density at radius 1 is 1.50 bits per heavy atom. The molecule has 2 heteroatoms.